The molecule has 1 aromatic heterocycles. The van der Waals surface area contributed by atoms with E-state index in [9.17, 15) is 4.79 Å². The van der Waals surface area contributed by atoms with E-state index in [1.54, 1.807) is 18.3 Å². The van der Waals surface area contributed by atoms with Crippen LogP contribution in [0.3, 0.4) is 0 Å². The lowest BCUT2D eigenvalue weighted by Crippen LogP contribution is -2.43. The molecular weight excluding hydrogens is 274 g/mol. The van der Waals surface area contributed by atoms with Crippen molar-refractivity contribution in [1.29, 1.82) is 0 Å². The van der Waals surface area contributed by atoms with Gasteiger partial charge in [0.05, 0.1) is 18.3 Å². The predicted octanol–water partition coefficient (Wildman–Crippen LogP) is 2.57. The number of hydrogen-bond acceptors (Lipinski definition) is 3. The number of nitrogen functional groups attached to an aromatic ring is 1. The smallest absolute Gasteiger partial charge is 0.226 e. The first kappa shape index (κ1) is 16.8. The molecule has 1 fully saturated rings. The number of carbonyl (C=O) groups excluding carboxylic acids is 1. The molecule has 3 atom stereocenters. The first-order valence-electron chi connectivity index (χ1n) is 7.04. The minimum Gasteiger partial charge on any atom is -0.397 e. The van der Waals surface area contributed by atoms with Crippen molar-refractivity contribution in [2.24, 2.45) is 11.8 Å². The molecule has 0 radical (unpaired) electrons. The number of anilines is 1. The Hall–Kier alpha value is -1.29. The van der Waals surface area contributed by atoms with Crippen molar-refractivity contribution in [3.05, 3.63) is 24.0 Å². The third kappa shape index (κ3) is 4.67. The summed E-state index contributed by atoms with van der Waals surface area (Å²) in [5.74, 6) is 1.40. The minimum absolute atomic E-state index is 0. The highest BCUT2D eigenvalue weighted by atomic mass is 35.5. The van der Waals surface area contributed by atoms with E-state index in [0.717, 1.165) is 18.0 Å². The van der Waals surface area contributed by atoms with Crippen molar-refractivity contribution >= 4 is 24.0 Å². The highest BCUT2D eigenvalue weighted by Crippen LogP contribution is 2.28. The Morgan fingerprint density at radius 3 is 2.75 bits per heavy atom. The van der Waals surface area contributed by atoms with Gasteiger partial charge in [-0.15, -0.1) is 12.4 Å². The highest BCUT2D eigenvalue weighted by molar-refractivity contribution is 5.85. The number of pyridine rings is 1. The summed E-state index contributed by atoms with van der Waals surface area (Å²) in [5.41, 5.74) is 6.97. The van der Waals surface area contributed by atoms with Crippen LogP contribution in [0.15, 0.2) is 18.3 Å². The van der Waals surface area contributed by atoms with Crippen LogP contribution in [0.25, 0.3) is 0 Å². The number of hydrogen-bond donors (Lipinski definition) is 2. The maximum atomic E-state index is 12.0. The van der Waals surface area contributed by atoms with Crippen LogP contribution in [0.4, 0.5) is 5.69 Å². The molecule has 3 N–H and O–H groups in total. The van der Waals surface area contributed by atoms with Gasteiger partial charge in [-0.2, -0.15) is 0 Å². The Kier molecular flexibility index (Phi) is 6.27. The second-order valence-electron chi connectivity index (χ2n) is 5.83. The number of carbonyl (C=O) groups is 1. The van der Waals surface area contributed by atoms with Gasteiger partial charge in [-0.25, -0.2) is 0 Å². The first-order valence-corrected chi connectivity index (χ1v) is 7.04. The van der Waals surface area contributed by atoms with E-state index in [-0.39, 0.29) is 18.3 Å². The van der Waals surface area contributed by atoms with Crippen LogP contribution in [-0.2, 0) is 11.2 Å². The van der Waals surface area contributed by atoms with Crippen LogP contribution in [0.1, 0.15) is 38.8 Å². The van der Waals surface area contributed by atoms with Gasteiger partial charge < -0.3 is 11.1 Å². The van der Waals surface area contributed by atoms with Gasteiger partial charge >= 0.3 is 0 Å². The standard InChI is InChI=1S/C15H23N3O.ClH/c1-10-3-6-14(11(2)7-10)18-15(19)8-13-5-4-12(16)9-17-13;/h4-5,9-11,14H,3,6-8,16H2,1-2H3,(H,18,19);1H. The second-order valence-corrected chi connectivity index (χ2v) is 5.83. The molecule has 0 saturated heterocycles. The molecule has 3 unspecified atom stereocenters. The lowest BCUT2D eigenvalue weighted by atomic mass is 9.80. The zero-order valence-corrected chi connectivity index (χ0v) is 13.0. The first-order chi connectivity index (χ1) is 9.04. The zero-order valence-electron chi connectivity index (χ0n) is 12.1. The fourth-order valence-electron chi connectivity index (χ4n) is 2.84. The maximum absolute atomic E-state index is 12.0. The average molecular weight is 298 g/mol. The third-order valence-electron chi connectivity index (χ3n) is 3.97. The van der Waals surface area contributed by atoms with E-state index >= 15 is 0 Å². The minimum atomic E-state index is 0. The van der Waals surface area contributed by atoms with Gasteiger partial charge in [-0.05, 0) is 43.2 Å². The van der Waals surface area contributed by atoms with Crippen molar-refractivity contribution in [1.82, 2.24) is 10.3 Å². The summed E-state index contributed by atoms with van der Waals surface area (Å²) in [6.07, 6.45) is 5.41. The molecule has 2 rings (SSSR count). The molecule has 112 valence electrons. The molecule has 1 saturated carbocycles. The van der Waals surface area contributed by atoms with Crippen LogP contribution >= 0.6 is 12.4 Å². The topological polar surface area (TPSA) is 68.0 Å². The van der Waals surface area contributed by atoms with E-state index in [1.807, 2.05) is 0 Å². The number of nitrogens with one attached hydrogen (secondary N) is 1. The van der Waals surface area contributed by atoms with E-state index in [0.29, 0.717) is 24.1 Å². The van der Waals surface area contributed by atoms with Crippen molar-refractivity contribution in [3.8, 4) is 0 Å². The fraction of sp³-hybridized carbons (Fsp3) is 0.600. The quantitative estimate of drug-likeness (QED) is 0.901. The Morgan fingerprint density at radius 1 is 1.40 bits per heavy atom. The Morgan fingerprint density at radius 2 is 2.15 bits per heavy atom. The number of nitrogens with zero attached hydrogens (tertiary/aromatic N) is 1. The van der Waals surface area contributed by atoms with E-state index in [2.05, 4.69) is 24.1 Å². The predicted molar refractivity (Wildman–Crippen MR) is 83.7 cm³/mol. The van der Waals surface area contributed by atoms with Crippen LogP contribution in [0.2, 0.25) is 0 Å². The summed E-state index contributed by atoms with van der Waals surface area (Å²) in [4.78, 5) is 16.2. The number of aromatic nitrogens is 1. The van der Waals surface area contributed by atoms with Crippen LogP contribution in [-0.4, -0.2) is 16.9 Å². The molecular formula is C15H24ClN3O. The molecule has 0 bridgehead atoms. The van der Waals surface area contributed by atoms with E-state index in [4.69, 9.17) is 5.73 Å². The van der Waals surface area contributed by atoms with Crippen molar-refractivity contribution in [2.45, 2.75) is 45.6 Å². The summed E-state index contributed by atoms with van der Waals surface area (Å²) >= 11 is 0. The Bertz CT molecular complexity index is 435. The molecule has 1 amide bonds. The molecule has 1 aliphatic rings. The summed E-state index contributed by atoms with van der Waals surface area (Å²) in [6.45, 7) is 4.51. The highest BCUT2D eigenvalue weighted by Gasteiger charge is 2.26. The van der Waals surface area contributed by atoms with Gasteiger partial charge in [0.15, 0.2) is 0 Å². The lowest BCUT2D eigenvalue weighted by Gasteiger charge is -2.33. The van der Waals surface area contributed by atoms with Gasteiger partial charge in [0.2, 0.25) is 5.91 Å². The molecule has 5 heteroatoms. The molecule has 20 heavy (non-hydrogen) atoms. The van der Waals surface area contributed by atoms with Gasteiger partial charge in [0.25, 0.3) is 0 Å². The maximum Gasteiger partial charge on any atom is 0.226 e. The van der Waals surface area contributed by atoms with Crippen molar-refractivity contribution < 1.29 is 4.79 Å². The van der Waals surface area contributed by atoms with E-state index < -0.39 is 0 Å². The molecule has 0 aliphatic heterocycles. The van der Waals surface area contributed by atoms with Crippen molar-refractivity contribution in [2.75, 3.05) is 5.73 Å². The Balaban J connectivity index is 0.00000200. The van der Waals surface area contributed by atoms with Crippen LogP contribution in [0.5, 0.6) is 0 Å². The van der Waals surface area contributed by atoms with Crippen molar-refractivity contribution in [3.63, 3.8) is 0 Å². The zero-order chi connectivity index (χ0) is 13.8. The van der Waals surface area contributed by atoms with Gasteiger partial charge in [-0.3, -0.25) is 9.78 Å². The monoisotopic (exact) mass is 297 g/mol. The summed E-state index contributed by atoms with van der Waals surface area (Å²) in [6, 6.07) is 3.90. The van der Waals surface area contributed by atoms with Gasteiger partial charge in [0.1, 0.15) is 0 Å². The number of halogens is 1. The van der Waals surface area contributed by atoms with Crippen LogP contribution < -0.4 is 11.1 Å². The number of nitrogens with two attached hydrogens (primary N) is 1. The Labute approximate surface area is 126 Å². The van der Waals surface area contributed by atoms with E-state index in [1.165, 1.54) is 12.8 Å². The van der Waals surface area contributed by atoms with Gasteiger partial charge in [0, 0.05) is 11.7 Å². The average Bonchev–Trinajstić information content (AvgIpc) is 2.36. The summed E-state index contributed by atoms with van der Waals surface area (Å²) in [7, 11) is 0. The lowest BCUT2D eigenvalue weighted by molar-refractivity contribution is -0.121. The third-order valence-corrected chi connectivity index (χ3v) is 3.97. The molecule has 4 nitrogen and oxygen atoms in total. The molecule has 1 heterocycles. The summed E-state index contributed by atoms with van der Waals surface area (Å²) < 4.78 is 0. The second kappa shape index (κ2) is 7.48. The molecule has 0 aromatic carbocycles. The summed E-state index contributed by atoms with van der Waals surface area (Å²) in [5, 5.41) is 3.14. The number of rotatable bonds is 3. The van der Waals surface area contributed by atoms with Gasteiger partial charge in [-0.1, -0.05) is 13.8 Å². The SMILES string of the molecule is CC1CCC(NC(=O)Cc2ccc(N)cn2)C(C)C1.Cl. The van der Waals surface area contributed by atoms with Crippen LogP contribution in [0, 0.1) is 11.8 Å². The molecule has 0 spiro atoms. The molecule has 1 aliphatic carbocycles. The fourth-order valence-corrected chi connectivity index (χ4v) is 2.84. The number of amides is 1. The molecule has 1 aromatic rings. The largest absolute Gasteiger partial charge is 0.397 e. The normalized spacial score (nSPS) is 25.6.